The Hall–Kier alpha value is -0.820. The Morgan fingerprint density at radius 3 is 2.26 bits per heavy atom. The van der Waals surface area contributed by atoms with E-state index < -0.39 is 0 Å². The van der Waals surface area contributed by atoms with Crippen molar-refractivity contribution in [1.29, 1.82) is 0 Å². The fraction of sp³-hybridized carbons (Fsp3) is 0.667. The zero-order chi connectivity index (χ0) is 13.6. The lowest BCUT2D eigenvalue weighted by atomic mass is 9.87. The third kappa shape index (κ3) is 3.82. The van der Waals surface area contributed by atoms with Gasteiger partial charge >= 0.3 is 0 Å². The van der Waals surface area contributed by atoms with Gasteiger partial charge in [0.15, 0.2) is 0 Å². The van der Waals surface area contributed by atoms with Crippen LogP contribution in [0.2, 0.25) is 0 Å². The van der Waals surface area contributed by atoms with Crippen LogP contribution in [-0.2, 0) is 5.41 Å². The average Bonchev–Trinajstić information content (AvgIpc) is 3.25. The zero-order valence-corrected chi connectivity index (χ0v) is 12.3. The fourth-order valence-corrected chi connectivity index (χ4v) is 3.11. The van der Waals surface area contributed by atoms with Gasteiger partial charge in [0, 0.05) is 5.41 Å². The second-order valence-electron chi connectivity index (χ2n) is 6.09. The molecule has 1 aromatic rings. The molecule has 1 atom stereocenters. The number of hydrogen-bond acceptors (Lipinski definition) is 1. The summed E-state index contributed by atoms with van der Waals surface area (Å²) in [5.41, 5.74) is 1.44. The lowest BCUT2D eigenvalue weighted by Gasteiger charge is -2.22. The van der Waals surface area contributed by atoms with Crippen molar-refractivity contribution >= 4 is 0 Å². The number of hydrogen-bond donors (Lipinski definition) is 1. The first-order valence-electron chi connectivity index (χ1n) is 8.03. The topological polar surface area (TPSA) is 20.2 Å². The van der Waals surface area contributed by atoms with Crippen LogP contribution in [0.1, 0.15) is 70.3 Å². The van der Waals surface area contributed by atoms with Gasteiger partial charge < -0.3 is 5.11 Å². The molecule has 1 aliphatic carbocycles. The van der Waals surface area contributed by atoms with Crippen LogP contribution in [0.4, 0.5) is 0 Å². The summed E-state index contributed by atoms with van der Waals surface area (Å²) >= 11 is 0. The van der Waals surface area contributed by atoms with Crippen LogP contribution in [0, 0.1) is 0 Å². The lowest BCUT2D eigenvalue weighted by molar-refractivity contribution is 0.119. The highest BCUT2D eigenvalue weighted by Gasteiger charge is 2.49. The molecule has 0 heterocycles. The summed E-state index contributed by atoms with van der Waals surface area (Å²) in [4.78, 5) is 0. The number of rotatable bonds is 9. The maximum Gasteiger partial charge on any atom is 0.0636 e. The maximum atomic E-state index is 10.5. The van der Waals surface area contributed by atoms with Crippen molar-refractivity contribution in [3.63, 3.8) is 0 Å². The van der Waals surface area contributed by atoms with Crippen molar-refractivity contribution in [3.8, 4) is 0 Å². The van der Waals surface area contributed by atoms with E-state index in [2.05, 4.69) is 37.3 Å². The average molecular weight is 260 g/mol. The van der Waals surface area contributed by atoms with Gasteiger partial charge in [-0.3, -0.25) is 0 Å². The standard InChI is InChI=1S/C18H28O/c1-2-3-4-5-6-10-13-17(19)18(14-15-18)16-11-8-7-9-12-16/h7-9,11-12,17,19H,2-6,10,13-15H2,1H3. The highest BCUT2D eigenvalue weighted by atomic mass is 16.3. The summed E-state index contributed by atoms with van der Waals surface area (Å²) in [6.45, 7) is 2.25. The Morgan fingerprint density at radius 2 is 1.63 bits per heavy atom. The van der Waals surface area contributed by atoms with Crippen LogP contribution in [0.25, 0.3) is 0 Å². The monoisotopic (exact) mass is 260 g/mol. The molecule has 1 unspecified atom stereocenters. The van der Waals surface area contributed by atoms with E-state index in [0.29, 0.717) is 0 Å². The van der Waals surface area contributed by atoms with E-state index in [9.17, 15) is 5.11 Å². The van der Waals surface area contributed by atoms with E-state index in [0.717, 1.165) is 19.3 Å². The quantitative estimate of drug-likeness (QED) is 0.630. The molecule has 1 fully saturated rings. The molecule has 1 nitrogen and oxygen atoms in total. The first kappa shape index (κ1) is 14.6. The molecule has 1 aliphatic rings. The van der Waals surface area contributed by atoms with Crippen LogP contribution < -0.4 is 0 Å². The molecule has 0 aromatic heterocycles. The van der Waals surface area contributed by atoms with Gasteiger partial charge in [0.1, 0.15) is 0 Å². The molecule has 0 spiro atoms. The minimum atomic E-state index is -0.138. The zero-order valence-electron chi connectivity index (χ0n) is 12.3. The Bertz CT molecular complexity index is 353. The highest BCUT2D eigenvalue weighted by molar-refractivity contribution is 5.32. The van der Waals surface area contributed by atoms with Crippen LogP contribution in [0.15, 0.2) is 30.3 Å². The Morgan fingerprint density at radius 1 is 1.00 bits per heavy atom. The third-order valence-corrected chi connectivity index (χ3v) is 4.61. The summed E-state index contributed by atoms with van der Waals surface area (Å²) in [5, 5.41) is 10.5. The maximum absolute atomic E-state index is 10.5. The Kier molecular flexibility index (Phi) is 5.45. The van der Waals surface area contributed by atoms with Crippen LogP contribution in [0.3, 0.4) is 0 Å². The van der Waals surface area contributed by atoms with Crippen LogP contribution in [0.5, 0.6) is 0 Å². The summed E-state index contributed by atoms with van der Waals surface area (Å²) in [6, 6.07) is 10.6. The van der Waals surface area contributed by atoms with Gasteiger partial charge in [-0.05, 0) is 24.8 Å². The minimum Gasteiger partial charge on any atom is -0.392 e. The fourth-order valence-electron chi connectivity index (χ4n) is 3.11. The first-order chi connectivity index (χ1) is 9.29. The largest absolute Gasteiger partial charge is 0.392 e. The smallest absolute Gasteiger partial charge is 0.0636 e. The summed E-state index contributed by atoms with van der Waals surface area (Å²) < 4.78 is 0. The van der Waals surface area contributed by atoms with Gasteiger partial charge in [0.2, 0.25) is 0 Å². The number of unbranched alkanes of at least 4 members (excludes halogenated alkanes) is 5. The predicted molar refractivity (Wildman–Crippen MR) is 81.4 cm³/mol. The van der Waals surface area contributed by atoms with E-state index in [1.807, 2.05) is 0 Å². The van der Waals surface area contributed by atoms with E-state index in [1.165, 1.54) is 44.1 Å². The van der Waals surface area contributed by atoms with Crippen molar-refractivity contribution < 1.29 is 5.11 Å². The van der Waals surface area contributed by atoms with Crippen molar-refractivity contribution in [2.24, 2.45) is 0 Å². The lowest BCUT2D eigenvalue weighted by Crippen LogP contribution is -2.25. The molecule has 2 rings (SSSR count). The van der Waals surface area contributed by atoms with Crippen LogP contribution in [-0.4, -0.2) is 11.2 Å². The van der Waals surface area contributed by atoms with E-state index >= 15 is 0 Å². The van der Waals surface area contributed by atoms with Crippen molar-refractivity contribution in [3.05, 3.63) is 35.9 Å². The van der Waals surface area contributed by atoms with Gasteiger partial charge in [-0.2, -0.15) is 0 Å². The first-order valence-corrected chi connectivity index (χ1v) is 8.03. The molecule has 106 valence electrons. The molecular weight excluding hydrogens is 232 g/mol. The molecular formula is C18H28O. The molecule has 0 bridgehead atoms. The summed E-state index contributed by atoms with van der Waals surface area (Å²) in [7, 11) is 0. The number of aliphatic hydroxyl groups excluding tert-OH is 1. The molecule has 1 N–H and O–H groups in total. The van der Waals surface area contributed by atoms with Gasteiger partial charge in [-0.25, -0.2) is 0 Å². The molecule has 0 aliphatic heterocycles. The second-order valence-corrected chi connectivity index (χ2v) is 6.09. The van der Waals surface area contributed by atoms with E-state index in [4.69, 9.17) is 0 Å². The molecule has 0 amide bonds. The SMILES string of the molecule is CCCCCCCCC(O)C1(c2ccccc2)CC1. The normalized spacial score (nSPS) is 18.2. The number of benzene rings is 1. The van der Waals surface area contributed by atoms with Crippen LogP contribution >= 0.6 is 0 Å². The molecule has 0 saturated heterocycles. The predicted octanol–water partition coefficient (Wildman–Crippen LogP) is 4.83. The molecule has 0 radical (unpaired) electrons. The third-order valence-electron chi connectivity index (χ3n) is 4.61. The second kappa shape index (κ2) is 7.09. The Balaban J connectivity index is 1.73. The summed E-state index contributed by atoms with van der Waals surface area (Å²) in [6.07, 6.45) is 11.0. The van der Waals surface area contributed by atoms with Gasteiger partial charge in [0.05, 0.1) is 6.10 Å². The van der Waals surface area contributed by atoms with Crippen molar-refractivity contribution in [2.75, 3.05) is 0 Å². The molecule has 19 heavy (non-hydrogen) atoms. The van der Waals surface area contributed by atoms with Gasteiger partial charge in [-0.1, -0.05) is 75.8 Å². The van der Waals surface area contributed by atoms with E-state index in [1.54, 1.807) is 0 Å². The highest BCUT2D eigenvalue weighted by Crippen LogP contribution is 2.52. The molecule has 1 aromatic carbocycles. The van der Waals surface area contributed by atoms with Gasteiger partial charge in [0.25, 0.3) is 0 Å². The number of aliphatic hydroxyl groups is 1. The van der Waals surface area contributed by atoms with Crippen molar-refractivity contribution in [2.45, 2.75) is 76.2 Å². The van der Waals surface area contributed by atoms with Crippen molar-refractivity contribution in [1.82, 2.24) is 0 Å². The van der Waals surface area contributed by atoms with Gasteiger partial charge in [-0.15, -0.1) is 0 Å². The minimum absolute atomic E-state index is 0.102. The molecule has 1 heteroatoms. The van der Waals surface area contributed by atoms with E-state index in [-0.39, 0.29) is 11.5 Å². The molecule has 1 saturated carbocycles. The summed E-state index contributed by atoms with van der Waals surface area (Å²) in [5.74, 6) is 0. The Labute approximate surface area is 118 Å².